The molecule has 1 aliphatic heterocycles. The van der Waals surface area contributed by atoms with Crippen LogP contribution in [0, 0.1) is 5.92 Å². The molecule has 3 atom stereocenters. The Balaban J connectivity index is 1.43. The molecule has 2 fully saturated rings. The van der Waals surface area contributed by atoms with Crippen LogP contribution in [-0.4, -0.2) is 41.7 Å². The molecule has 5 heteroatoms. The molecule has 2 amide bonds. The van der Waals surface area contributed by atoms with Crippen LogP contribution < -0.4 is 5.32 Å². The summed E-state index contributed by atoms with van der Waals surface area (Å²) in [5.74, 6) is 0.643. The summed E-state index contributed by atoms with van der Waals surface area (Å²) in [6, 6.07) is 4.20. The Morgan fingerprint density at radius 2 is 2.04 bits per heavy atom. The van der Waals surface area contributed by atoms with E-state index in [0.717, 1.165) is 25.8 Å². The van der Waals surface area contributed by atoms with Crippen LogP contribution in [0.4, 0.5) is 4.79 Å². The van der Waals surface area contributed by atoms with Crippen molar-refractivity contribution in [3.05, 3.63) is 30.1 Å². The van der Waals surface area contributed by atoms with Crippen LogP contribution in [0.25, 0.3) is 0 Å². The number of urea groups is 1. The number of carbonyl (C=O) groups is 1. The van der Waals surface area contributed by atoms with Gasteiger partial charge in [-0.25, -0.2) is 4.79 Å². The number of nitrogens with one attached hydrogen (secondary N) is 1. The van der Waals surface area contributed by atoms with Gasteiger partial charge in [0.15, 0.2) is 0 Å². The molecule has 1 saturated heterocycles. The quantitative estimate of drug-likeness (QED) is 0.840. The summed E-state index contributed by atoms with van der Waals surface area (Å²) < 4.78 is 5.98. The maximum atomic E-state index is 12.5. The molecule has 0 radical (unpaired) electrons. The first-order valence-corrected chi connectivity index (χ1v) is 9.31. The Bertz CT molecular complexity index is 523. The lowest BCUT2D eigenvalue weighted by atomic mass is 9.88. The summed E-state index contributed by atoms with van der Waals surface area (Å²) in [5, 5.41) is 3.03. The summed E-state index contributed by atoms with van der Waals surface area (Å²) in [7, 11) is 0. The average molecular weight is 331 g/mol. The minimum absolute atomic E-state index is 0.0228. The van der Waals surface area contributed by atoms with Crippen molar-refractivity contribution in [2.75, 3.05) is 19.7 Å². The monoisotopic (exact) mass is 331 g/mol. The van der Waals surface area contributed by atoms with Gasteiger partial charge in [0.05, 0.1) is 18.8 Å². The number of nitrogens with zero attached hydrogens (tertiary/aromatic N) is 2. The summed E-state index contributed by atoms with van der Waals surface area (Å²) in [6.45, 7) is 4.28. The number of pyridine rings is 1. The average Bonchev–Trinajstić information content (AvgIpc) is 3.10. The zero-order valence-electron chi connectivity index (χ0n) is 14.6. The van der Waals surface area contributed by atoms with E-state index in [1.54, 1.807) is 12.4 Å². The zero-order chi connectivity index (χ0) is 16.8. The van der Waals surface area contributed by atoms with Gasteiger partial charge >= 0.3 is 6.03 Å². The molecule has 1 aliphatic carbocycles. The van der Waals surface area contributed by atoms with Crippen LogP contribution >= 0.6 is 0 Å². The lowest BCUT2D eigenvalue weighted by molar-refractivity contribution is -0.00274. The second kappa shape index (κ2) is 8.47. The molecule has 0 aromatic carbocycles. The minimum Gasteiger partial charge on any atom is -0.376 e. The van der Waals surface area contributed by atoms with Crippen LogP contribution in [-0.2, 0) is 4.74 Å². The van der Waals surface area contributed by atoms with Crippen LogP contribution in [0.3, 0.4) is 0 Å². The fourth-order valence-corrected chi connectivity index (χ4v) is 3.94. The number of ether oxygens (including phenoxy) is 1. The molecule has 2 heterocycles. The van der Waals surface area contributed by atoms with E-state index in [1.165, 1.54) is 24.8 Å². The third-order valence-corrected chi connectivity index (χ3v) is 5.35. The lowest BCUT2D eigenvalue weighted by Gasteiger charge is -2.29. The summed E-state index contributed by atoms with van der Waals surface area (Å²) in [4.78, 5) is 18.5. The van der Waals surface area contributed by atoms with Gasteiger partial charge in [-0.1, -0.05) is 19.8 Å². The minimum atomic E-state index is 0.0228. The highest BCUT2D eigenvalue weighted by molar-refractivity contribution is 5.75. The number of rotatable bonds is 5. The zero-order valence-corrected chi connectivity index (χ0v) is 14.6. The van der Waals surface area contributed by atoms with E-state index in [0.29, 0.717) is 25.2 Å². The number of hydrogen-bond donors (Lipinski definition) is 1. The number of amides is 2. The third kappa shape index (κ3) is 4.26. The van der Waals surface area contributed by atoms with Crippen LogP contribution in [0.2, 0.25) is 0 Å². The Hall–Kier alpha value is -1.62. The smallest absolute Gasteiger partial charge is 0.317 e. The number of hydrogen-bond acceptors (Lipinski definition) is 3. The van der Waals surface area contributed by atoms with Gasteiger partial charge in [-0.3, -0.25) is 4.98 Å². The van der Waals surface area contributed by atoms with Gasteiger partial charge in [0.1, 0.15) is 0 Å². The molecule has 0 unspecified atom stereocenters. The Morgan fingerprint density at radius 1 is 1.25 bits per heavy atom. The fourth-order valence-electron chi connectivity index (χ4n) is 3.94. The summed E-state index contributed by atoms with van der Waals surface area (Å²) in [5.41, 5.74) is 1.17. The van der Waals surface area contributed by atoms with E-state index in [-0.39, 0.29) is 12.1 Å². The van der Waals surface area contributed by atoms with E-state index in [2.05, 4.69) is 17.2 Å². The van der Waals surface area contributed by atoms with Gasteiger partial charge in [0.2, 0.25) is 0 Å². The highest BCUT2D eigenvalue weighted by Gasteiger charge is 2.29. The van der Waals surface area contributed by atoms with Crippen molar-refractivity contribution >= 4 is 6.03 Å². The molecule has 1 aromatic heterocycles. The predicted molar refractivity (Wildman–Crippen MR) is 93.7 cm³/mol. The summed E-state index contributed by atoms with van der Waals surface area (Å²) >= 11 is 0. The molecule has 3 rings (SSSR count). The second-order valence-corrected chi connectivity index (χ2v) is 7.03. The Kier molecular flexibility index (Phi) is 6.07. The third-order valence-electron chi connectivity index (χ3n) is 5.35. The van der Waals surface area contributed by atoms with Gasteiger partial charge in [0, 0.05) is 25.5 Å². The van der Waals surface area contributed by atoms with Gasteiger partial charge in [-0.2, -0.15) is 0 Å². The molecule has 1 saturated carbocycles. The fraction of sp³-hybridized carbons (Fsp3) is 0.684. The molecule has 1 aromatic rings. The molecule has 132 valence electrons. The van der Waals surface area contributed by atoms with E-state index in [9.17, 15) is 4.79 Å². The van der Waals surface area contributed by atoms with Crippen molar-refractivity contribution in [1.82, 2.24) is 15.2 Å². The van der Waals surface area contributed by atoms with Gasteiger partial charge in [-0.15, -0.1) is 0 Å². The standard InChI is InChI=1S/C19H29N3O2/c1-15-5-2-3-7-18(15)24-14-12-21-19(23)22-13-4-6-17(22)16-8-10-20-11-9-16/h8-11,15,17-18H,2-7,12-14H2,1H3,(H,21,23)/t15-,17-,18-/m1/s1. The molecular formula is C19H29N3O2. The van der Waals surface area contributed by atoms with Crippen molar-refractivity contribution in [1.29, 1.82) is 0 Å². The Morgan fingerprint density at radius 3 is 2.83 bits per heavy atom. The maximum absolute atomic E-state index is 12.5. The van der Waals surface area contributed by atoms with Gasteiger partial charge < -0.3 is 15.0 Å². The number of likely N-dealkylation sites (tertiary alicyclic amines) is 1. The first-order valence-electron chi connectivity index (χ1n) is 9.31. The second-order valence-electron chi connectivity index (χ2n) is 7.03. The lowest BCUT2D eigenvalue weighted by Crippen LogP contribution is -2.41. The number of aromatic nitrogens is 1. The van der Waals surface area contributed by atoms with Crippen LogP contribution in [0.15, 0.2) is 24.5 Å². The Labute approximate surface area is 144 Å². The van der Waals surface area contributed by atoms with Crippen molar-refractivity contribution in [2.24, 2.45) is 5.92 Å². The number of carbonyl (C=O) groups excluding carboxylic acids is 1. The van der Waals surface area contributed by atoms with E-state index >= 15 is 0 Å². The molecule has 0 spiro atoms. The van der Waals surface area contributed by atoms with Crippen LogP contribution in [0.5, 0.6) is 0 Å². The van der Waals surface area contributed by atoms with Crippen molar-refractivity contribution < 1.29 is 9.53 Å². The molecule has 5 nitrogen and oxygen atoms in total. The molecule has 2 aliphatic rings. The van der Waals surface area contributed by atoms with Crippen LogP contribution in [0.1, 0.15) is 57.1 Å². The topological polar surface area (TPSA) is 54.5 Å². The van der Waals surface area contributed by atoms with Crippen molar-refractivity contribution in [3.63, 3.8) is 0 Å². The largest absolute Gasteiger partial charge is 0.376 e. The summed E-state index contributed by atoms with van der Waals surface area (Å²) in [6.07, 6.45) is 11.0. The first kappa shape index (κ1) is 17.2. The highest BCUT2D eigenvalue weighted by atomic mass is 16.5. The van der Waals surface area contributed by atoms with Crippen molar-refractivity contribution in [3.8, 4) is 0 Å². The first-order chi connectivity index (χ1) is 11.8. The molecule has 1 N–H and O–H groups in total. The molecular weight excluding hydrogens is 302 g/mol. The normalized spacial score (nSPS) is 27.2. The van der Waals surface area contributed by atoms with Gasteiger partial charge in [-0.05, 0) is 49.3 Å². The van der Waals surface area contributed by atoms with E-state index < -0.39 is 0 Å². The highest BCUT2D eigenvalue weighted by Crippen LogP contribution is 2.31. The maximum Gasteiger partial charge on any atom is 0.317 e. The van der Waals surface area contributed by atoms with Crippen molar-refractivity contribution in [2.45, 2.75) is 57.6 Å². The SMILES string of the molecule is C[C@@H]1CCCC[C@H]1OCCNC(=O)N1CCC[C@@H]1c1ccncc1. The van der Waals surface area contributed by atoms with E-state index in [4.69, 9.17) is 4.74 Å². The van der Waals surface area contributed by atoms with Gasteiger partial charge in [0.25, 0.3) is 0 Å². The molecule has 0 bridgehead atoms. The predicted octanol–water partition coefficient (Wildman–Crippen LogP) is 3.52. The van der Waals surface area contributed by atoms with E-state index in [1.807, 2.05) is 17.0 Å². The molecule has 24 heavy (non-hydrogen) atoms.